The quantitative estimate of drug-likeness (QED) is 0.0902. The van der Waals surface area contributed by atoms with Gasteiger partial charge in [0.15, 0.2) is 17.3 Å². The van der Waals surface area contributed by atoms with Gasteiger partial charge in [-0.05, 0) is 37.1 Å². The number of nitrogens with one attached hydrogen (secondary N) is 1. The molecule has 1 aliphatic rings. The standard InChI is InChI=1S/C28H27FN2O8/c1-3-5-13-38-27-23(29)21-22(26(35)20-18(33)12-11-17(32)19(20)25(21)34)24(28(27)39-14-6-4-2)30-15-7-9-16(10-8-15)31(36)37/h7-12,30,32-33H,3-6,13-14H2,1-2H3. The van der Waals surface area contributed by atoms with E-state index in [2.05, 4.69) is 5.32 Å². The van der Waals surface area contributed by atoms with Gasteiger partial charge in [-0.1, -0.05) is 26.7 Å². The number of nitro benzene ring substituents is 1. The molecule has 0 aliphatic heterocycles. The van der Waals surface area contributed by atoms with E-state index >= 15 is 4.39 Å². The fraction of sp³-hybridized carbons (Fsp3) is 0.286. The number of halogens is 1. The number of fused-ring (bicyclic) bond motifs is 2. The topological polar surface area (TPSA) is 148 Å². The van der Waals surface area contributed by atoms with Gasteiger partial charge in [-0.15, -0.1) is 0 Å². The van der Waals surface area contributed by atoms with Crippen LogP contribution in [0.4, 0.5) is 21.5 Å². The van der Waals surface area contributed by atoms with E-state index in [1.807, 2.05) is 13.8 Å². The summed E-state index contributed by atoms with van der Waals surface area (Å²) >= 11 is 0. The lowest BCUT2D eigenvalue weighted by atomic mass is 9.81. The molecule has 4 rings (SSSR count). The first-order valence-electron chi connectivity index (χ1n) is 12.5. The number of unbranched alkanes of at least 4 members (excludes halogenated alkanes) is 2. The minimum Gasteiger partial charge on any atom is -0.507 e. The van der Waals surface area contributed by atoms with E-state index in [1.165, 1.54) is 24.3 Å². The van der Waals surface area contributed by atoms with Gasteiger partial charge in [0.1, 0.15) is 11.5 Å². The first-order chi connectivity index (χ1) is 18.7. The number of carbonyl (C=O) groups is 2. The van der Waals surface area contributed by atoms with Gasteiger partial charge in [0, 0.05) is 17.8 Å². The summed E-state index contributed by atoms with van der Waals surface area (Å²) in [5, 5.41) is 34.9. The average Bonchev–Trinajstić information content (AvgIpc) is 2.91. The van der Waals surface area contributed by atoms with Crippen molar-refractivity contribution in [1.82, 2.24) is 0 Å². The van der Waals surface area contributed by atoms with Crippen molar-refractivity contribution in [3.8, 4) is 23.0 Å². The molecule has 3 aromatic carbocycles. The highest BCUT2D eigenvalue weighted by molar-refractivity contribution is 6.32. The van der Waals surface area contributed by atoms with Crippen LogP contribution in [0.25, 0.3) is 0 Å². The molecule has 0 atom stereocenters. The van der Waals surface area contributed by atoms with Crippen LogP contribution in [0, 0.1) is 15.9 Å². The number of phenolic OH excluding ortho intramolecular Hbond substituents is 2. The molecule has 1 aliphatic carbocycles. The Bertz CT molecular complexity index is 1450. The second-order valence-electron chi connectivity index (χ2n) is 8.94. The van der Waals surface area contributed by atoms with Gasteiger partial charge >= 0.3 is 0 Å². The molecule has 10 nitrogen and oxygen atoms in total. The van der Waals surface area contributed by atoms with Crippen molar-refractivity contribution in [2.45, 2.75) is 39.5 Å². The van der Waals surface area contributed by atoms with E-state index in [4.69, 9.17) is 9.47 Å². The van der Waals surface area contributed by atoms with Crippen molar-refractivity contribution in [2.75, 3.05) is 18.5 Å². The number of anilines is 2. The van der Waals surface area contributed by atoms with Gasteiger partial charge in [-0.25, -0.2) is 4.39 Å². The van der Waals surface area contributed by atoms with Gasteiger partial charge in [0.2, 0.25) is 11.6 Å². The third-order valence-corrected chi connectivity index (χ3v) is 6.26. The van der Waals surface area contributed by atoms with Gasteiger partial charge in [0.25, 0.3) is 5.69 Å². The van der Waals surface area contributed by atoms with Crippen LogP contribution in [0.2, 0.25) is 0 Å². The third kappa shape index (κ3) is 5.07. The number of aromatic hydroxyl groups is 2. The van der Waals surface area contributed by atoms with Crippen molar-refractivity contribution in [3.05, 3.63) is 74.6 Å². The number of phenols is 2. The number of carbonyl (C=O) groups excluding carboxylic acids is 2. The number of non-ortho nitro benzene ring substituents is 1. The molecule has 3 N–H and O–H groups in total. The normalized spacial score (nSPS) is 12.1. The van der Waals surface area contributed by atoms with Crippen molar-refractivity contribution < 1.29 is 38.6 Å². The fourth-order valence-corrected chi connectivity index (χ4v) is 4.24. The number of nitro groups is 1. The molecule has 11 heteroatoms. The molecule has 0 amide bonds. The van der Waals surface area contributed by atoms with Gasteiger partial charge in [-0.2, -0.15) is 0 Å². The lowest BCUT2D eigenvalue weighted by Gasteiger charge is -2.26. The van der Waals surface area contributed by atoms with Crippen LogP contribution in [0.5, 0.6) is 23.0 Å². The fourth-order valence-electron chi connectivity index (χ4n) is 4.24. The predicted molar refractivity (Wildman–Crippen MR) is 140 cm³/mol. The zero-order valence-corrected chi connectivity index (χ0v) is 21.4. The van der Waals surface area contributed by atoms with E-state index < -0.39 is 56.1 Å². The van der Waals surface area contributed by atoms with E-state index in [-0.39, 0.29) is 41.8 Å². The zero-order chi connectivity index (χ0) is 28.3. The van der Waals surface area contributed by atoms with Crippen LogP contribution in [0.3, 0.4) is 0 Å². The Labute approximate surface area is 223 Å². The van der Waals surface area contributed by atoms with Crippen molar-refractivity contribution in [2.24, 2.45) is 0 Å². The van der Waals surface area contributed by atoms with Crippen LogP contribution in [0.15, 0.2) is 36.4 Å². The molecular formula is C28H27FN2O8. The Balaban J connectivity index is 2.00. The van der Waals surface area contributed by atoms with Gasteiger partial charge in [0.05, 0.1) is 46.1 Å². The second kappa shape index (κ2) is 11.4. The molecule has 0 unspecified atom stereocenters. The SMILES string of the molecule is CCCCOc1c(F)c2c(c(Nc3ccc([N+](=O)[O-])cc3)c1OCCCC)C(=O)c1c(O)ccc(O)c1C2=O. The van der Waals surface area contributed by atoms with Crippen LogP contribution in [-0.2, 0) is 0 Å². The summed E-state index contributed by atoms with van der Waals surface area (Å²) in [5.41, 5.74) is -2.06. The maximum absolute atomic E-state index is 16.1. The summed E-state index contributed by atoms with van der Waals surface area (Å²) in [4.78, 5) is 37.9. The van der Waals surface area contributed by atoms with Crippen molar-refractivity contribution in [3.63, 3.8) is 0 Å². The second-order valence-corrected chi connectivity index (χ2v) is 8.94. The van der Waals surface area contributed by atoms with Gasteiger partial charge < -0.3 is 25.0 Å². The number of ketones is 2. The summed E-state index contributed by atoms with van der Waals surface area (Å²) in [6.07, 6.45) is 2.65. The summed E-state index contributed by atoms with van der Waals surface area (Å²) < 4.78 is 27.8. The molecule has 39 heavy (non-hydrogen) atoms. The summed E-state index contributed by atoms with van der Waals surface area (Å²) in [7, 11) is 0. The number of rotatable bonds is 11. The highest BCUT2D eigenvalue weighted by Gasteiger charge is 2.42. The molecule has 3 aromatic rings. The zero-order valence-electron chi connectivity index (χ0n) is 21.4. The lowest BCUT2D eigenvalue weighted by molar-refractivity contribution is -0.384. The molecule has 0 saturated carbocycles. The molecule has 0 bridgehead atoms. The Kier molecular flexibility index (Phi) is 7.99. The molecule has 0 radical (unpaired) electrons. The Morgan fingerprint density at radius 2 is 1.33 bits per heavy atom. The Morgan fingerprint density at radius 3 is 1.85 bits per heavy atom. The molecule has 0 aromatic heterocycles. The van der Waals surface area contributed by atoms with E-state index in [1.54, 1.807) is 0 Å². The summed E-state index contributed by atoms with van der Waals surface area (Å²) in [5.74, 6) is -4.76. The van der Waals surface area contributed by atoms with Crippen LogP contribution in [0.1, 0.15) is 71.4 Å². The van der Waals surface area contributed by atoms with Crippen molar-refractivity contribution in [1.29, 1.82) is 0 Å². The molecule has 0 heterocycles. The molecular weight excluding hydrogens is 511 g/mol. The number of ether oxygens (including phenoxy) is 2. The largest absolute Gasteiger partial charge is 0.507 e. The van der Waals surface area contributed by atoms with Gasteiger partial charge in [-0.3, -0.25) is 19.7 Å². The first-order valence-corrected chi connectivity index (χ1v) is 12.5. The molecule has 204 valence electrons. The lowest BCUT2D eigenvalue weighted by Crippen LogP contribution is -2.25. The predicted octanol–water partition coefficient (Wildman–Crippen LogP) is 6.02. The number of hydrogen-bond acceptors (Lipinski definition) is 9. The number of benzene rings is 3. The third-order valence-electron chi connectivity index (χ3n) is 6.26. The minimum absolute atomic E-state index is 0.0953. The minimum atomic E-state index is -1.13. The van der Waals surface area contributed by atoms with E-state index in [0.29, 0.717) is 12.8 Å². The van der Waals surface area contributed by atoms with Crippen LogP contribution >= 0.6 is 0 Å². The first kappa shape index (κ1) is 27.4. The van der Waals surface area contributed by atoms with Crippen LogP contribution < -0.4 is 14.8 Å². The molecule has 0 fully saturated rings. The summed E-state index contributed by atoms with van der Waals surface area (Å²) in [6.45, 7) is 4.08. The van der Waals surface area contributed by atoms with E-state index in [9.17, 15) is 29.9 Å². The highest BCUT2D eigenvalue weighted by atomic mass is 19.1. The Hall–Kier alpha value is -4.67. The molecule has 0 spiro atoms. The smallest absolute Gasteiger partial charge is 0.269 e. The number of hydrogen-bond donors (Lipinski definition) is 3. The number of nitrogens with zero attached hydrogens (tertiary/aromatic N) is 1. The van der Waals surface area contributed by atoms with E-state index in [0.717, 1.165) is 25.0 Å². The maximum Gasteiger partial charge on any atom is 0.269 e. The molecule has 0 saturated heterocycles. The highest BCUT2D eigenvalue weighted by Crippen LogP contribution is 2.49. The summed E-state index contributed by atoms with van der Waals surface area (Å²) in [6, 6.07) is 7.34. The maximum atomic E-state index is 16.1. The van der Waals surface area contributed by atoms with Crippen LogP contribution in [-0.4, -0.2) is 39.9 Å². The Morgan fingerprint density at radius 1 is 0.821 bits per heavy atom. The van der Waals surface area contributed by atoms with Crippen molar-refractivity contribution >= 4 is 28.6 Å². The average molecular weight is 539 g/mol. The monoisotopic (exact) mass is 538 g/mol.